The fourth-order valence-corrected chi connectivity index (χ4v) is 2.33. The monoisotopic (exact) mass is 358 g/mol. The van der Waals surface area contributed by atoms with Crippen molar-refractivity contribution in [3.8, 4) is 11.5 Å². The molecule has 118 valence electrons. The lowest BCUT2D eigenvalue weighted by Gasteiger charge is -2.15. The molecule has 2 N–H and O–H groups in total. The summed E-state index contributed by atoms with van der Waals surface area (Å²) in [6.07, 6.45) is 0. The molecule has 0 spiro atoms. The highest BCUT2D eigenvalue weighted by Crippen LogP contribution is 2.36. The van der Waals surface area contributed by atoms with Crippen molar-refractivity contribution in [1.82, 2.24) is 10.6 Å². The molecule has 1 rings (SSSR count). The van der Waals surface area contributed by atoms with E-state index in [9.17, 15) is 4.79 Å². The van der Waals surface area contributed by atoms with Crippen LogP contribution < -0.4 is 20.1 Å². The van der Waals surface area contributed by atoms with Gasteiger partial charge in [-0.3, -0.25) is 4.79 Å². The van der Waals surface area contributed by atoms with Crippen molar-refractivity contribution in [2.45, 2.75) is 33.4 Å². The maximum absolute atomic E-state index is 11.5. The van der Waals surface area contributed by atoms with Gasteiger partial charge in [-0.15, -0.1) is 0 Å². The van der Waals surface area contributed by atoms with Crippen molar-refractivity contribution >= 4 is 21.8 Å². The summed E-state index contributed by atoms with van der Waals surface area (Å²) in [6.45, 7) is 7.34. The quantitative estimate of drug-likeness (QED) is 0.749. The van der Waals surface area contributed by atoms with E-state index in [1.807, 2.05) is 19.1 Å². The Kier molecular flexibility index (Phi) is 7.53. The zero-order chi connectivity index (χ0) is 15.8. The van der Waals surface area contributed by atoms with E-state index in [0.29, 0.717) is 24.1 Å². The molecule has 0 aliphatic rings. The van der Waals surface area contributed by atoms with Crippen LogP contribution in [-0.4, -0.2) is 32.2 Å². The Morgan fingerprint density at radius 2 is 2.10 bits per heavy atom. The van der Waals surface area contributed by atoms with E-state index >= 15 is 0 Å². The number of nitrogens with one attached hydrogen (secondary N) is 2. The normalized spacial score (nSPS) is 10.6. The van der Waals surface area contributed by atoms with Crippen molar-refractivity contribution in [2.24, 2.45) is 0 Å². The Morgan fingerprint density at radius 1 is 1.38 bits per heavy atom. The first kappa shape index (κ1) is 17.8. The molecule has 0 aliphatic heterocycles. The number of amides is 1. The van der Waals surface area contributed by atoms with Crippen LogP contribution >= 0.6 is 15.9 Å². The number of hydrogen-bond donors (Lipinski definition) is 2. The molecule has 1 amide bonds. The smallest absolute Gasteiger partial charge is 0.257 e. The molecule has 5 nitrogen and oxygen atoms in total. The molecule has 0 saturated carbocycles. The van der Waals surface area contributed by atoms with Gasteiger partial charge in [0, 0.05) is 19.1 Å². The Balaban J connectivity index is 2.82. The molecule has 0 heterocycles. The van der Waals surface area contributed by atoms with Crippen molar-refractivity contribution in [1.29, 1.82) is 0 Å². The minimum absolute atomic E-state index is 0.0353. The first-order valence-corrected chi connectivity index (χ1v) is 7.76. The van der Waals surface area contributed by atoms with E-state index < -0.39 is 0 Å². The number of hydrogen-bond acceptors (Lipinski definition) is 4. The summed E-state index contributed by atoms with van der Waals surface area (Å²) in [5.74, 6) is 0.989. The largest absolute Gasteiger partial charge is 0.493 e. The van der Waals surface area contributed by atoms with Crippen molar-refractivity contribution in [2.75, 3.05) is 20.3 Å². The Morgan fingerprint density at radius 3 is 2.67 bits per heavy atom. The molecule has 0 radical (unpaired) electrons. The molecule has 0 unspecified atom stereocenters. The third-order valence-electron chi connectivity index (χ3n) is 2.73. The molecular weight excluding hydrogens is 336 g/mol. The second-order valence-electron chi connectivity index (χ2n) is 4.89. The van der Waals surface area contributed by atoms with Crippen LogP contribution in [0.25, 0.3) is 0 Å². The minimum atomic E-state index is -0.156. The van der Waals surface area contributed by atoms with Crippen LogP contribution in [0.5, 0.6) is 11.5 Å². The fourth-order valence-electron chi connectivity index (χ4n) is 1.72. The highest BCUT2D eigenvalue weighted by atomic mass is 79.9. The van der Waals surface area contributed by atoms with Gasteiger partial charge in [-0.1, -0.05) is 13.8 Å². The van der Waals surface area contributed by atoms with Gasteiger partial charge in [-0.05, 0) is 40.5 Å². The maximum atomic E-state index is 11.5. The average Bonchev–Trinajstić information content (AvgIpc) is 2.43. The van der Waals surface area contributed by atoms with E-state index in [-0.39, 0.29) is 12.5 Å². The van der Waals surface area contributed by atoms with Gasteiger partial charge < -0.3 is 20.1 Å². The number of carbonyl (C=O) groups excluding carboxylic acids is 1. The molecule has 6 heteroatoms. The minimum Gasteiger partial charge on any atom is -0.493 e. The Bertz CT molecular complexity index is 478. The van der Waals surface area contributed by atoms with Crippen LogP contribution in [0.15, 0.2) is 16.6 Å². The number of rotatable bonds is 8. The van der Waals surface area contributed by atoms with Crippen LogP contribution in [0.3, 0.4) is 0 Å². The lowest BCUT2D eigenvalue weighted by Crippen LogP contribution is -2.28. The van der Waals surface area contributed by atoms with Gasteiger partial charge in [0.15, 0.2) is 18.1 Å². The standard InChI is InChI=1S/C15H23BrN2O3/c1-5-17-14(19)9-21-15-12(16)6-11(7-13(15)20-4)8-18-10(2)3/h6-7,10,18H,5,8-9H2,1-4H3,(H,17,19). The number of methoxy groups -OCH3 is 1. The van der Waals surface area contributed by atoms with Crippen molar-refractivity contribution in [3.05, 3.63) is 22.2 Å². The first-order chi connectivity index (χ1) is 9.97. The van der Waals surface area contributed by atoms with Gasteiger partial charge in [-0.2, -0.15) is 0 Å². The summed E-state index contributed by atoms with van der Waals surface area (Å²) in [5, 5.41) is 6.03. The highest BCUT2D eigenvalue weighted by molar-refractivity contribution is 9.10. The van der Waals surface area contributed by atoms with Crippen molar-refractivity contribution in [3.63, 3.8) is 0 Å². The zero-order valence-electron chi connectivity index (χ0n) is 13.0. The molecule has 0 fully saturated rings. The van der Waals surface area contributed by atoms with Gasteiger partial charge in [0.05, 0.1) is 11.6 Å². The Labute approximate surface area is 134 Å². The maximum Gasteiger partial charge on any atom is 0.257 e. The van der Waals surface area contributed by atoms with Crippen molar-refractivity contribution < 1.29 is 14.3 Å². The number of ether oxygens (including phenoxy) is 2. The lowest BCUT2D eigenvalue weighted by atomic mass is 10.2. The van der Waals surface area contributed by atoms with E-state index in [0.717, 1.165) is 16.6 Å². The van der Waals surface area contributed by atoms with Gasteiger partial charge in [0.1, 0.15) is 0 Å². The first-order valence-electron chi connectivity index (χ1n) is 6.97. The molecule has 1 aromatic rings. The average molecular weight is 359 g/mol. The van der Waals surface area contributed by atoms with Gasteiger partial charge in [0.25, 0.3) is 5.91 Å². The molecule has 0 aromatic heterocycles. The van der Waals surface area contributed by atoms with Crippen LogP contribution in [0.4, 0.5) is 0 Å². The third kappa shape index (κ3) is 5.93. The van der Waals surface area contributed by atoms with Gasteiger partial charge in [0.2, 0.25) is 0 Å². The lowest BCUT2D eigenvalue weighted by molar-refractivity contribution is -0.123. The van der Waals surface area contributed by atoms with E-state index in [1.165, 1.54) is 0 Å². The second kappa shape index (κ2) is 8.89. The number of benzene rings is 1. The summed E-state index contributed by atoms with van der Waals surface area (Å²) in [5.41, 5.74) is 1.08. The molecular formula is C15H23BrN2O3. The molecule has 0 aliphatic carbocycles. The topological polar surface area (TPSA) is 59.6 Å². The van der Waals surface area contributed by atoms with Crippen LogP contribution in [0, 0.1) is 0 Å². The summed E-state index contributed by atoms with van der Waals surface area (Å²) in [4.78, 5) is 11.5. The molecule has 0 bridgehead atoms. The summed E-state index contributed by atoms with van der Waals surface area (Å²) in [6, 6.07) is 4.28. The van der Waals surface area contributed by atoms with Crippen LogP contribution in [0.2, 0.25) is 0 Å². The molecule has 0 atom stereocenters. The van der Waals surface area contributed by atoms with Crippen LogP contribution in [-0.2, 0) is 11.3 Å². The van der Waals surface area contributed by atoms with E-state index in [4.69, 9.17) is 9.47 Å². The summed E-state index contributed by atoms with van der Waals surface area (Å²) < 4.78 is 11.7. The third-order valence-corrected chi connectivity index (χ3v) is 3.31. The zero-order valence-corrected chi connectivity index (χ0v) is 14.5. The number of carbonyl (C=O) groups is 1. The predicted octanol–water partition coefficient (Wildman–Crippen LogP) is 2.47. The summed E-state index contributed by atoms with van der Waals surface area (Å²) in [7, 11) is 1.58. The predicted molar refractivity (Wildman–Crippen MR) is 86.8 cm³/mol. The Hall–Kier alpha value is -1.27. The molecule has 1 aromatic carbocycles. The number of halogens is 1. The van der Waals surface area contributed by atoms with Gasteiger partial charge in [-0.25, -0.2) is 0 Å². The van der Waals surface area contributed by atoms with Crippen LogP contribution in [0.1, 0.15) is 26.3 Å². The van der Waals surface area contributed by atoms with E-state index in [2.05, 4.69) is 40.4 Å². The molecule has 0 saturated heterocycles. The SMILES string of the molecule is CCNC(=O)COc1c(Br)cc(CNC(C)C)cc1OC. The summed E-state index contributed by atoms with van der Waals surface area (Å²) >= 11 is 3.47. The fraction of sp³-hybridized carbons (Fsp3) is 0.533. The second-order valence-corrected chi connectivity index (χ2v) is 5.74. The molecule has 21 heavy (non-hydrogen) atoms. The highest BCUT2D eigenvalue weighted by Gasteiger charge is 2.13. The van der Waals surface area contributed by atoms with E-state index in [1.54, 1.807) is 7.11 Å². The number of likely N-dealkylation sites (N-methyl/N-ethyl adjacent to an activating group) is 1. The van der Waals surface area contributed by atoms with Gasteiger partial charge >= 0.3 is 0 Å².